The summed E-state index contributed by atoms with van der Waals surface area (Å²) in [5, 5.41) is 3.78. The van der Waals surface area contributed by atoms with Gasteiger partial charge in [-0.1, -0.05) is 29.8 Å². The summed E-state index contributed by atoms with van der Waals surface area (Å²) >= 11 is 5.89. The fourth-order valence-corrected chi connectivity index (χ4v) is 4.85. The van der Waals surface area contributed by atoms with Crippen LogP contribution in [0.25, 0.3) is 10.9 Å². The second kappa shape index (κ2) is 10.3. The van der Waals surface area contributed by atoms with Gasteiger partial charge in [0.15, 0.2) is 6.29 Å². The Morgan fingerprint density at radius 1 is 1.06 bits per heavy atom. The van der Waals surface area contributed by atoms with E-state index in [4.69, 9.17) is 21.1 Å². The molecule has 0 saturated heterocycles. The summed E-state index contributed by atoms with van der Waals surface area (Å²) in [6, 6.07) is 13.1. The van der Waals surface area contributed by atoms with Crippen molar-refractivity contribution in [2.45, 2.75) is 36.5 Å². The Morgan fingerprint density at radius 3 is 2.35 bits per heavy atom. The SMILES string of the molecule is CCOC(CNC(=O)Cn1cc(S(=O)(=O)c2ccc(Cl)cc2)c2ccccc21)OCC. The van der Waals surface area contributed by atoms with Crippen molar-refractivity contribution < 1.29 is 22.7 Å². The van der Waals surface area contributed by atoms with E-state index in [0.29, 0.717) is 29.1 Å². The summed E-state index contributed by atoms with van der Waals surface area (Å²) in [4.78, 5) is 12.8. The third kappa shape index (κ3) is 5.46. The molecule has 0 unspecified atom stereocenters. The highest BCUT2D eigenvalue weighted by Gasteiger charge is 2.24. The maximum atomic E-state index is 13.2. The first-order valence-corrected chi connectivity index (χ1v) is 11.8. The minimum atomic E-state index is -3.79. The number of fused-ring (bicyclic) bond motifs is 1. The minimum Gasteiger partial charge on any atom is -0.351 e. The van der Waals surface area contributed by atoms with E-state index in [0.717, 1.165) is 0 Å². The molecule has 0 fully saturated rings. The zero-order chi connectivity index (χ0) is 22.4. The minimum absolute atomic E-state index is 0.0401. The number of sulfone groups is 1. The van der Waals surface area contributed by atoms with Crippen LogP contribution in [-0.2, 0) is 30.7 Å². The van der Waals surface area contributed by atoms with Crippen molar-refractivity contribution in [1.82, 2.24) is 9.88 Å². The second-order valence-corrected chi connectivity index (χ2v) is 9.09. The quantitative estimate of drug-likeness (QED) is 0.463. The molecule has 9 heteroatoms. The number of para-hydroxylation sites is 1. The average molecular weight is 465 g/mol. The van der Waals surface area contributed by atoms with Crippen LogP contribution in [0, 0.1) is 0 Å². The maximum Gasteiger partial charge on any atom is 0.240 e. The molecule has 3 aromatic rings. The number of ether oxygens (including phenoxy) is 2. The van der Waals surface area contributed by atoms with Crippen molar-refractivity contribution in [3.05, 3.63) is 59.8 Å². The molecule has 3 rings (SSSR count). The lowest BCUT2D eigenvalue weighted by molar-refractivity contribution is -0.140. The monoisotopic (exact) mass is 464 g/mol. The molecule has 0 aliphatic carbocycles. The predicted molar refractivity (Wildman–Crippen MR) is 119 cm³/mol. The number of nitrogens with zero attached hydrogens (tertiary/aromatic N) is 1. The van der Waals surface area contributed by atoms with Crippen LogP contribution in [0.5, 0.6) is 0 Å². The molecule has 0 atom stereocenters. The van der Waals surface area contributed by atoms with Crippen LogP contribution in [0.3, 0.4) is 0 Å². The van der Waals surface area contributed by atoms with Crippen LogP contribution in [-0.4, -0.2) is 44.9 Å². The van der Waals surface area contributed by atoms with E-state index in [2.05, 4.69) is 5.32 Å². The number of nitrogens with one attached hydrogen (secondary N) is 1. The number of aromatic nitrogens is 1. The van der Waals surface area contributed by atoms with Crippen molar-refractivity contribution in [2.24, 2.45) is 0 Å². The van der Waals surface area contributed by atoms with Crippen LogP contribution >= 0.6 is 11.6 Å². The Balaban J connectivity index is 1.86. The van der Waals surface area contributed by atoms with Gasteiger partial charge in [-0.25, -0.2) is 8.42 Å². The van der Waals surface area contributed by atoms with E-state index < -0.39 is 16.1 Å². The smallest absolute Gasteiger partial charge is 0.240 e. The fourth-order valence-electron chi connectivity index (χ4n) is 3.24. The van der Waals surface area contributed by atoms with E-state index in [1.165, 1.54) is 30.5 Å². The van der Waals surface area contributed by atoms with Gasteiger partial charge in [0.05, 0.1) is 16.3 Å². The van der Waals surface area contributed by atoms with E-state index in [1.54, 1.807) is 28.8 Å². The Bertz CT molecular complexity index is 1140. The number of carbonyl (C=O) groups is 1. The number of benzene rings is 2. The molecule has 0 aliphatic rings. The molecule has 1 amide bonds. The van der Waals surface area contributed by atoms with E-state index in [1.807, 2.05) is 13.8 Å². The highest BCUT2D eigenvalue weighted by molar-refractivity contribution is 7.91. The van der Waals surface area contributed by atoms with Crippen molar-refractivity contribution in [3.63, 3.8) is 0 Å². The first kappa shape index (κ1) is 23.3. The van der Waals surface area contributed by atoms with Crippen LogP contribution in [0.4, 0.5) is 0 Å². The lowest BCUT2D eigenvalue weighted by Gasteiger charge is -2.17. The molecular formula is C22H25ClN2O5S. The van der Waals surface area contributed by atoms with Gasteiger partial charge in [0.25, 0.3) is 0 Å². The van der Waals surface area contributed by atoms with E-state index >= 15 is 0 Å². The lowest BCUT2D eigenvalue weighted by Crippen LogP contribution is -2.37. The van der Waals surface area contributed by atoms with Gasteiger partial charge < -0.3 is 19.4 Å². The van der Waals surface area contributed by atoms with Crippen molar-refractivity contribution in [3.8, 4) is 0 Å². The second-order valence-electron chi connectivity index (χ2n) is 6.74. The Kier molecular flexibility index (Phi) is 7.72. The highest BCUT2D eigenvalue weighted by Crippen LogP contribution is 2.30. The number of carbonyl (C=O) groups excluding carboxylic acids is 1. The summed E-state index contributed by atoms with van der Waals surface area (Å²) in [5.41, 5.74) is 0.649. The van der Waals surface area contributed by atoms with Gasteiger partial charge >= 0.3 is 0 Å². The summed E-state index contributed by atoms with van der Waals surface area (Å²) in [6.07, 6.45) is 0.970. The van der Waals surface area contributed by atoms with E-state index in [-0.39, 0.29) is 28.8 Å². The summed E-state index contributed by atoms with van der Waals surface area (Å²) in [5.74, 6) is -0.277. The number of hydrogen-bond donors (Lipinski definition) is 1. The molecule has 166 valence electrons. The van der Waals surface area contributed by atoms with Crippen molar-refractivity contribution in [1.29, 1.82) is 0 Å². The van der Waals surface area contributed by atoms with Gasteiger partial charge in [0.1, 0.15) is 6.54 Å². The lowest BCUT2D eigenvalue weighted by atomic mass is 10.2. The molecule has 1 N–H and O–H groups in total. The molecule has 2 aromatic carbocycles. The molecule has 31 heavy (non-hydrogen) atoms. The number of amides is 1. The topological polar surface area (TPSA) is 86.6 Å². The number of halogens is 1. The first-order chi connectivity index (χ1) is 14.9. The average Bonchev–Trinajstić information content (AvgIpc) is 3.12. The summed E-state index contributed by atoms with van der Waals surface area (Å²) < 4.78 is 38.9. The van der Waals surface area contributed by atoms with Crippen LogP contribution in [0.2, 0.25) is 5.02 Å². The Labute approximate surface area is 186 Å². The summed E-state index contributed by atoms with van der Waals surface area (Å²) in [7, 11) is -3.79. The zero-order valence-electron chi connectivity index (χ0n) is 17.4. The number of rotatable bonds is 10. The zero-order valence-corrected chi connectivity index (χ0v) is 18.9. The molecule has 0 bridgehead atoms. The largest absolute Gasteiger partial charge is 0.351 e. The fraction of sp³-hybridized carbons (Fsp3) is 0.318. The van der Waals surface area contributed by atoms with Crippen LogP contribution in [0.1, 0.15) is 13.8 Å². The molecule has 7 nitrogen and oxygen atoms in total. The Hall–Kier alpha value is -2.39. The molecule has 0 saturated carbocycles. The third-order valence-electron chi connectivity index (χ3n) is 4.65. The first-order valence-electron chi connectivity index (χ1n) is 9.95. The van der Waals surface area contributed by atoms with Gasteiger partial charge in [-0.3, -0.25) is 4.79 Å². The molecule has 0 spiro atoms. The Morgan fingerprint density at radius 2 is 1.71 bits per heavy atom. The third-order valence-corrected chi connectivity index (χ3v) is 6.70. The van der Waals surface area contributed by atoms with Crippen LogP contribution < -0.4 is 5.32 Å². The van der Waals surface area contributed by atoms with Gasteiger partial charge in [-0.15, -0.1) is 0 Å². The van der Waals surface area contributed by atoms with Gasteiger partial charge in [0, 0.05) is 35.3 Å². The van der Waals surface area contributed by atoms with Crippen molar-refractivity contribution >= 4 is 38.2 Å². The molecule has 0 aliphatic heterocycles. The molecule has 1 heterocycles. The van der Waals surface area contributed by atoms with Crippen LogP contribution in [0.15, 0.2) is 64.5 Å². The normalized spacial score (nSPS) is 11.9. The van der Waals surface area contributed by atoms with Gasteiger partial charge in [-0.2, -0.15) is 0 Å². The maximum absolute atomic E-state index is 13.2. The molecular weight excluding hydrogens is 440 g/mol. The highest BCUT2D eigenvalue weighted by atomic mass is 35.5. The molecule has 0 radical (unpaired) electrons. The van der Waals surface area contributed by atoms with E-state index in [9.17, 15) is 13.2 Å². The van der Waals surface area contributed by atoms with Gasteiger partial charge in [0.2, 0.25) is 15.7 Å². The molecule has 1 aromatic heterocycles. The number of hydrogen-bond acceptors (Lipinski definition) is 5. The predicted octanol–water partition coefficient (Wildman–Crippen LogP) is 3.64. The van der Waals surface area contributed by atoms with Gasteiger partial charge in [-0.05, 0) is 44.2 Å². The standard InChI is InChI=1S/C22H25ClN2O5S/c1-3-29-22(30-4-2)13-24-21(26)15-25-14-20(18-7-5-6-8-19(18)25)31(27,28)17-11-9-16(23)10-12-17/h5-12,14,22H,3-4,13,15H2,1-2H3,(H,24,26). The van der Waals surface area contributed by atoms with Crippen molar-refractivity contribution in [2.75, 3.05) is 19.8 Å². The summed E-state index contributed by atoms with van der Waals surface area (Å²) in [6.45, 7) is 4.80.